The molecule has 2 N–H and O–H groups in total. The van der Waals surface area contributed by atoms with Gasteiger partial charge in [0.2, 0.25) is 5.91 Å². The predicted octanol–water partition coefficient (Wildman–Crippen LogP) is 1.51. The van der Waals surface area contributed by atoms with Crippen LogP contribution in [0.1, 0.15) is 24.8 Å². The smallest absolute Gasteiger partial charge is 0.306 e. The normalized spacial score (nSPS) is 21.0. The first-order valence-electron chi connectivity index (χ1n) is 6.71. The van der Waals surface area contributed by atoms with Crippen LogP contribution in [0.3, 0.4) is 0 Å². The van der Waals surface area contributed by atoms with Crippen molar-refractivity contribution in [3.05, 3.63) is 39.9 Å². The molecule has 0 radical (unpaired) electrons. The zero-order chi connectivity index (χ0) is 15.4. The molecule has 1 saturated carbocycles. The fourth-order valence-electron chi connectivity index (χ4n) is 2.54. The van der Waals surface area contributed by atoms with E-state index in [4.69, 9.17) is 5.11 Å². The third-order valence-corrected chi connectivity index (χ3v) is 3.66. The predicted molar refractivity (Wildman–Crippen MR) is 73.7 cm³/mol. The van der Waals surface area contributed by atoms with E-state index in [0.717, 1.165) is 0 Å². The van der Waals surface area contributed by atoms with Crippen LogP contribution in [0.15, 0.2) is 24.3 Å². The van der Waals surface area contributed by atoms with E-state index in [1.165, 1.54) is 12.1 Å². The van der Waals surface area contributed by atoms with E-state index >= 15 is 0 Å². The molecule has 2 rings (SSSR count). The van der Waals surface area contributed by atoms with Crippen LogP contribution in [0.2, 0.25) is 0 Å². The average Bonchev–Trinajstić information content (AvgIpc) is 2.87. The summed E-state index contributed by atoms with van der Waals surface area (Å²) < 4.78 is 0. The summed E-state index contributed by atoms with van der Waals surface area (Å²) in [4.78, 5) is 32.8. The molecule has 7 nitrogen and oxygen atoms in total. The minimum atomic E-state index is -0.817. The molecule has 0 bridgehead atoms. The van der Waals surface area contributed by atoms with Crippen LogP contribution in [-0.4, -0.2) is 27.9 Å². The van der Waals surface area contributed by atoms with Gasteiger partial charge in [-0.3, -0.25) is 19.7 Å². The number of carboxylic acid groups (broad SMARTS) is 1. The Hall–Kier alpha value is -2.44. The van der Waals surface area contributed by atoms with Crippen molar-refractivity contribution in [2.75, 3.05) is 0 Å². The van der Waals surface area contributed by atoms with Crippen molar-refractivity contribution in [3.63, 3.8) is 0 Å². The Kier molecular flexibility index (Phi) is 4.52. The molecule has 0 aromatic heterocycles. The van der Waals surface area contributed by atoms with E-state index in [1.54, 1.807) is 12.1 Å². The van der Waals surface area contributed by atoms with Gasteiger partial charge in [-0.15, -0.1) is 0 Å². The Morgan fingerprint density at radius 3 is 2.48 bits per heavy atom. The number of nitro groups is 1. The first-order valence-corrected chi connectivity index (χ1v) is 6.71. The molecule has 112 valence electrons. The maximum atomic E-state index is 11.9. The van der Waals surface area contributed by atoms with Gasteiger partial charge in [-0.2, -0.15) is 0 Å². The Balaban J connectivity index is 1.85. The number of nitrogens with one attached hydrogen (secondary N) is 1. The summed E-state index contributed by atoms with van der Waals surface area (Å²) in [5.41, 5.74) is 0.671. The maximum Gasteiger partial charge on any atom is 0.306 e. The number of amides is 1. The van der Waals surface area contributed by atoms with Crippen molar-refractivity contribution in [3.8, 4) is 0 Å². The number of aliphatic carboxylic acids is 1. The number of nitrogens with zero attached hydrogens (tertiary/aromatic N) is 1. The first kappa shape index (κ1) is 15.0. The van der Waals surface area contributed by atoms with E-state index in [0.29, 0.717) is 24.8 Å². The monoisotopic (exact) mass is 292 g/mol. The zero-order valence-corrected chi connectivity index (χ0v) is 11.3. The third-order valence-electron chi connectivity index (χ3n) is 3.66. The molecule has 0 spiro atoms. The Morgan fingerprint density at radius 1 is 1.29 bits per heavy atom. The summed E-state index contributed by atoms with van der Waals surface area (Å²) >= 11 is 0. The average molecular weight is 292 g/mol. The minimum Gasteiger partial charge on any atom is -0.481 e. The lowest BCUT2D eigenvalue weighted by Gasteiger charge is -2.12. The van der Waals surface area contributed by atoms with Crippen LogP contribution in [0.5, 0.6) is 0 Å². The molecule has 7 heteroatoms. The maximum absolute atomic E-state index is 11.9. The molecule has 2 atom stereocenters. The van der Waals surface area contributed by atoms with Gasteiger partial charge in [-0.25, -0.2) is 0 Å². The van der Waals surface area contributed by atoms with Gasteiger partial charge < -0.3 is 10.4 Å². The zero-order valence-electron chi connectivity index (χ0n) is 11.3. The Morgan fingerprint density at radius 2 is 1.95 bits per heavy atom. The topological polar surface area (TPSA) is 110 Å². The van der Waals surface area contributed by atoms with Crippen LogP contribution in [-0.2, 0) is 16.0 Å². The fraction of sp³-hybridized carbons (Fsp3) is 0.429. The van der Waals surface area contributed by atoms with Crippen LogP contribution in [0.25, 0.3) is 0 Å². The van der Waals surface area contributed by atoms with E-state index in [-0.39, 0.29) is 30.0 Å². The van der Waals surface area contributed by atoms with E-state index in [2.05, 4.69) is 5.32 Å². The molecule has 21 heavy (non-hydrogen) atoms. The summed E-state index contributed by atoms with van der Waals surface area (Å²) in [5, 5.41) is 22.2. The second kappa shape index (κ2) is 6.34. The number of rotatable bonds is 5. The molecule has 0 heterocycles. The molecule has 1 aliphatic carbocycles. The number of carbonyl (C=O) groups excluding carboxylic acids is 1. The highest BCUT2D eigenvalue weighted by atomic mass is 16.6. The highest BCUT2D eigenvalue weighted by Crippen LogP contribution is 2.25. The summed E-state index contributed by atoms with van der Waals surface area (Å²) in [6, 6.07) is 5.72. The minimum absolute atomic E-state index is 0.0146. The lowest BCUT2D eigenvalue weighted by atomic mass is 10.1. The van der Waals surface area contributed by atoms with E-state index < -0.39 is 10.9 Å². The summed E-state index contributed by atoms with van der Waals surface area (Å²) in [5.74, 6) is -1.39. The summed E-state index contributed by atoms with van der Waals surface area (Å²) in [6.45, 7) is 0. The highest BCUT2D eigenvalue weighted by molar-refractivity contribution is 5.79. The molecule has 1 fully saturated rings. The van der Waals surface area contributed by atoms with Crippen LogP contribution in [0, 0.1) is 16.0 Å². The molecule has 1 aromatic rings. The molecule has 2 unspecified atom stereocenters. The number of non-ortho nitro benzene ring substituents is 1. The van der Waals surface area contributed by atoms with Crippen molar-refractivity contribution in [2.45, 2.75) is 31.7 Å². The lowest BCUT2D eigenvalue weighted by molar-refractivity contribution is -0.384. The van der Waals surface area contributed by atoms with Gasteiger partial charge in [-0.1, -0.05) is 12.1 Å². The SMILES string of the molecule is O=C(Cc1ccc([N+](=O)[O-])cc1)NC1CCC(C(=O)O)C1. The second-order valence-electron chi connectivity index (χ2n) is 5.21. The molecular weight excluding hydrogens is 276 g/mol. The van der Waals surface area contributed by atoms with Crippen LogP contribution in [0.4, 0.5) is 5.69 Å². The van der Waals surface area contributed by atoms with Gasteiger partial charge in [0.25, 0.3) is 5.69 Å². The Bertz CT molecular complexity index is 555. The molecule has 1 amide bonds. The van der Waals surface area contributed by atoms with Crippen molar-refractivity contribution in [2.24, 2.45) is 5.92 Å². The molecule has 1 aliphatic rings. The molecular formula is C14H16N2O5. The largest absolute Gasteiger partial charge is 0.481 e. The highest BCUT2D eigenvalue weighted by Gasteiger charge is 2.30. The second-order valence-corrected chi connectivity index (χ2v) is 5.21. The van der Waals surface area contributed by atoms with Crippen molar-refractivity contribution < 1.29 is 19.6 Å². The quantitative estimate of drug-likeness (QED) is 0.631. The van der Waals surface area contributed by atoms with Gasteiger partial charge in [0, 0.05) is 18.2 Å². The number of benzene rings is 1. The van der Waals surface area contributed by atoms with Gasteiger partial charge in [0.15, 0.2) is 0 Å². The van der Waals surface area contributed by atoms with Crippen molar-refractivity contribution in [1.29, 1.82) is 0 Å². The fourth-order valence-corrected chi connectivity index (χ4v) is 2.54. The number of hydrogen-bond acceptors (Lipinski definition) is 4. The molecule has 0 aliphatic heterocycles. The van der Waals surface area contributed by atoms with E-state index in [9.17, 15) is 19.7 Å². The van der Waals surface area contributed by atoms with E-state index in [1.807, 2.05) is 0 Å². The third kappa shape index (κ3) is 4.01. The van der Waals surface area contributed by atoms with Crippen LogP contribution >= 0.6 is 0 Å². The number of carbonyl (C=O) groups is 2. The lowest BCUT2D eigenvalue weighted by Crippen LogP contribution is -2.34. The standard InChI is InChI=1S/C14H16N2O5/c17-13(15-11-4-3-10(8-11)14(18)19)7-9-1-5-12(6-2-9)16(20)21/h1-2,5-6,10-11H,3-4,7-8H2,(H,15,17)(H,18,19). The summed E-state index contributed by atoms with van der Waals surface area (Å²) in [6.07, 6.45) is 1.84. The van der Waals surface area contributed by atoms with Crippen molar-refractivity contribution >= 4 is 17.6 Å². The Labute approximate surface area is 121 Å². The van der Waals surface area contributed by atoms with Gasteiger partial charge in [0.05, 0.1) is 17.3 Å². The molecule has 0 saturated heterocycles. The van der Waals surface area contributed by atoms with Crippen molar-refractivity contribution in [1.82, 2.24) is 5.32 Å². The van der Waals surface area contributed by atoms with Crippen LogP contribution < -0.4 is 5.32 Å². The molecule has 1 aromatic carbocycles. The number of carboxylic acids is 1. The number of hydrogen-bond donors (Lipinski definition) is 2. The van der Waals surface area contributed by atoms with Gasteiger partial charge >= 0.3 is 5.97 Å². The summed E-state index contributed by atoms with van der Waals surface area (Å²) in [7, 11) is 0. The van der Waals surface area contributed by atoms with Gasteiger partial charge in [-0.05, 0) is 24.8 Å². The number of nitro benzene ring substituents is 1. The van der Waals surface area contributed by atoms with Gasteiger partial charge in [0.1, 0.15) is 0 Å². The first-order chi connectivity index (χ1) is 9.95.